The standard InChI is InChI=1S/C10H21N5.CCl4/c1-13-7-4-10-14-8(2-5-11)9(15-10)3-6-12;2-1(3,4)5/h13H,2-7,11-12H2,1H3,(H,14,15);. The van der Waals surface area contributed by atoms with Crippen molar-refractivity contribution in [1.29, 1.82) is 0 Å². The Hall–Kier alpha value is 0.250. The van der Waals surface area contributed by atoms with E-state index in [4.69, 9.17) is 57.9 Å². The molecule has 0 aliphatic rings. The first kappa shape index (κ1) is 20.2. The largest absolute Gasteiger partial charge is 0.346 e. The number of rotatable bonds is 7. The van der Waals surface area contributed by atoms with Gasteiger partial charge in [0.25, 0.3) is 3.25 Å². The van der Waals surface area contributed by atoms with Crippen LogP contribution in [0, 0.1) is 0 Å². The molecule has 1 aromatic rings. The average Bonchev–Trinajstić information content (AvgIpc) is 2.68. The first-order valence-electron chi connectivity index (χ1n) is 6.18. The second-order valence-electron chi connectivity index (χ2n) is 3.97. The lowest BCUT2D eigenvalue weighted by molar-refractivity contribution is 0.760. The van der Waals surface area contributed by atoms with Crippen LogP contribution in [0.15, 0.2) is 0 Å². The zero-order chi connectivity index (χ0) is 15.6. The maximum atomic E-state index is 5.54. The van der Waals surface area contributed by atoms with E-state index in [9.17, 15) is 0 Å². The van der Waals surface area contributed by atoms with E-state index in [1.54, 1.807) is 0 Å². The summed E-state index contributed by atoms with van der Waals surface area (Å²) >= 11 is 19.3. The smallest absolute Gasteiger partial charge is 0.266 e. The van der Waals surface area contributed by atoms with Gasteiger partial charge in [-0.2, -0.15) is 0 Å². The first-order chi connectivity index (χ1) is 9.31. The Kier molecular flexibility index (Phi) is 11.0. The number of likely N-dealkylation sites (N-methyl/N-ethyl adjacent to an activating group) is 1. The van der Waals surface area contributed by atoms with E-state index in [2.05, 4.69) is 15.3 Å². The van der Waals surface area contributed by atoms with Crippen molar-refractivity contribution in [2.45, 2.75) is 22.5 Å². The highest BCUT2D eigenvalue weighted by Crippen LogP contribution is 2.29. The molecule has 20 heavy (non-hydrogen) atoms. The molecule has 1 aromatic heterocycles. The molecule has 0 aromatic carbocycles. The molecule has 0 aliphatic heterocycles. The number of alkyl halides is 4. The summed E-state index contributed by atoms with van der Waals surface area (Å²) in [4.78, 5) is 7.84. The quantitative estimate of drug-likeness (QED) is 0.554. The van der Waals surface area contributed by atoms with Gasteiger partial charge >= 0.3 is 0 Å². The molecule has 5 nitrogen and oxygen atoms in total. The van der Waals surface area contributed by atoms with Crippen molar-refractivity contribution in [3.63, 3.8) is 0 Å². The Morgan fingerprint density at radius 2 is 1.65 bits per heavy atom. The van der Waals surface area contributed by atoms with Crippen LogP contribution >= 0.6 is 46.4 Å². The number of halogens is 4. The number of aromatic nitrogens is 2. The molecule has 6 N–H and O–H groups in total. The minimum Gasteiger partial charge on any atom is -0.346 e. The van der Waals surface area contributed by atoms with Crippen LogP contribution in [0.1, 0.15) is 17.2 Å². The molecule has 1 rings (SSSR count). The van der Waals surface area contributed by atoms with Gasteiger partial charge in [-0.1, -0.05) is 46.4 Å². The van der Waals surface area contributed by atoms with Gasteiger partial charge in [-0.3, -0.25) is 0 Å². The van der Waals surface area contributed by atoms with Gasteiger partial charge in [-0.05, 0) is 20.1 Å². The summed E-state index contributed by atoms with van der Waals surface area (Å²) in [7, 11) is 1.94. The van der Waals surface area contributed by atoms with Gasteiger partial charge in [-0.25, -0.2) is 4.98 Å². The Morgan fingerprint density at radius 3 is 2.10 bits per heavy atom. The molecule has 0 atom stereocenters. The van der Waals surface area contributed by atoms with Crippen LogP contribution in [-0.2, 0) is 19.3 Å². The minimum absolute atomic E-state index is 0.633. The van der Waals surface area contributed by atoms with Gasteiger partial charge in [0, 0.05) is 31.5 Å². The summed E-state index contributed by atoms with van der Waals surface area (Å²) in [5.74, 6) is 1.02. The molecule has 0 radical (unpaired) electrons. The minimum atomic E-state index is -1.61. The molecule has 0 unspecified atom stereocenters. The predicted octanol–water partition coefficient (Wildman–Crippen LogP) is 1.73. The summed E-state index contributed by atoms with van der Waals surface area (Å²) < 4.78 is -1.61. The van der Waals surface area contributed by atoms with E-state index in [0.717, 1.165) is 43.0 Å². The Balaban J connectivity index is 0.000000621. The third-order valence-corrected chi connectivity index (χ3v) is 2.30. The van der Waals surface area contributed by atoms with Gasteiger partial charge < -0.3 is 21.8 Å². The summed E-state index contributed by atoms with van der Waals surface area (Å²) in [5, 5.41) is 3.10. The SMILES string of the molecule is CNCCc1nc(CCN)c(CCN)[nH]1.ClC(Cl)(Cl)Cl. The van der Waals surface area contributed by atoms with Gasteiger partial charge in [0.1, 0.15) is 5.82 Å². The Morgan fingerprint density at radius 1 is 1.10 bits per heavy atom. The van der Waals surface area contributed by atoms with Crippen LogP contribution < -0.4 is 16.8 Å². The van der Waals surface area contributed by atoms with Crippen LogP contribution in [0.4, 0.5) is 0 Å². The van der Waals surface area contributed by atoms with Gasteiger partial charge in [0.05, 0.1) is 5.69 Å². The van der Waals surface area contributed by atoms with E-state index in [-0.39, 0.29) is 0 Å². The second kappa shape index (κ2) is 10.9. The molecule has 0 bridgehead atoms. The maximum Gasteiger partial charge on any atom is 0.266 e. The Bertz CT molecular complexity index is 335. The molecule has 0 aliphatic carbocycles. The summed E-state index contributed by atoms with van der Waals surface area (Å²) in [6.45, 7) is 2.21. The molecular formula is C11H21Cl4N5. The van der Waals surface area contributed by atoms with Gasteiger partial charge in [-0.15, -0.1) is 0 Å². The number of nitrogens with two attached hydrogens (primary N) is 2. The molecule has 9 heteroatoms. The van der Waals surface area contributed by atoms with Crippen molar-refractivity contribution in [3.05, 3.63) is 17.2 Å². The molecule has 0 amide bonds. The number of imidazole rings is 1. The van der Waals surface area contributed by atoms with Crippen molar-refractivity contribution < 1.29 is 0 Å². The molecule has 0 saturated carbocycles. The van der Waals surface area contributed by atoms with E-state index >= 15 is 0 Å². The highest BCUT2D eigenvalue weighted by Gasteiger charge is 2.11. The molecular weight excluding hydrogens is 344 g/mol. The first-order valence-corrected chi connectivity index (χ1v) is 7.70. The van der Waals surface area contributed by atoms with Crippen molar-refractivity contribution in [3.8, 4) is 0 Å². The highest BCUT2D eigenvalue weighted by molar-refractivity contribution is 6.83. The van der Waals surface area contributed by atoms with Crippen LogP contribution in [0.25, 0.3) is 0 Å². The third-order valence-electron chi connectivity index (χ3n) is 2.30. The fourth-order valence-corrected chi connectivity index (χ4v) is 1.56. The van der Waals surface area contributed by atoms with E-state index in [0.29, 0.717) is 13.1 Å². The molecule has 1 heterocycles. The van der Waals surface area contributed by atoms with Crippen molar-refractivity contribution in [2.75, 3.05) is 26.7 Å². The maximum absolute atomic E-state index is 5.54. The number of nitrogens with one attached hydrogen (secondary N) is 2. The monoisotopic (exact) mass is 363 g/mol. The molecule has 0 saturated heterocycles. The predicted molar refractivity (Wildman–Crippen MR) is 87.9 cm³/mol. The zero-order valence-corrected chi connectivity index (χ0v) is 14.4. The topological polar surface area (TPSA) is 92.8 Å². The fraction of sp³-hybridized carbons (Fsp3) is 0.727. The van der Waals surface area contributed by atoms with Crippen LogP contribution in [-0.4, -0.2) is 39.9 Å². The summed E-state index contributed by atoms with van der Waals surface area (Å²) in [5.41, 5.74) is 13.3. The second-order valence-corrected chi connectivity index (χ2v) is 7.40. The number of nitrogens with zero attached hydrogens (tertiary/aromatic N) is 1. The van der Waals surface area contributed by atoms with E-state index in [1.807, 2.05) is 7.05 Å². The lowest BCUT2D eigenvalue weighted by atomic mass is 10.2. The molecule has 0 spiro atoms. The Labute approximate surface area is 139 Å². The molecule has 118 valence electrons. The normalized spacial score (nSPS) is 11.2. The van der Waals surface area contributed by atoms with E-state index in [1.165, 1.54) is 0 Å². The average molecular weight is 365 g/mol. The number of aromatic amines is 1. The highest BCUT2D eigenvalue weighted by atomic mass is 35.6. The van der Waals surface area contributed by atoms with Crippen molar-refractivity contribution in [2.24, 2.45) is 11.5 Å². The van der Waals surface area contributed by atoms with Crippen molar-refractivity contribution >= 4 is 46.4 Å². The number of hydrogen-bond acceptors (Lipinski definition) is 4. The van der Waals surface area contributed by atoms with Crippen molar-refractivity contribution in [1.82, 2.24) is 15.3 Å². The number of H-pyrrole nitrogens is 1. The zero-order valence-electron chi connectivity index (χ0n) is 11.4. The molecule has 0 fully saturated rings. The lowest BCUT2D eigenvalue weighted by Gasteiger charge is -1.97. The summed E-state index contributed by atoms with van der Waals surface area (Å²) in [6.07, 6.45) is 2.59. The van der Waals surface area contributed by atoms with Crippen LogP contribution in [0.5, 0.6) is 0 Å². The van der Waals surface area contributed by atoms with Crippen LogP contribution in [0.2, 0.25) is 0 Å². The van der Waals surface area contributed by atoms with Gasteiger partial charge in [0.2, 0.25) is 0 Å². The lowest BCUT2D eigenvalue weighted by Crippen LogP contribution is -2.11. The fourth-order valence-electron chi connectivity index (χ4n) is 1.56. The van der Waals surface area contributed by atoms with E-state index < -0.39 is 3.25 Å². The van der Waals surface area contributed by atoms with Gasteiger partial charge in [0.15, 0.2) is 0 Å². The van der Waals surface area contributed by atoms with Crippen LogP contribution in [0.3, 0.4) is 0 Å². The summed E-state index contributed by atoms with van der Waals surface area (Å²) in [6, 6.07) is 0. The number of hydrogen-bond donors (Lipinski definition) is 4. The third kappa shape index (κ3) is 11.0.